The van der Waals surface area contributed by atoms with E-state index in [4.69, 9.17) is 10.5 Å². The number of hydrogen-bond acceptors (Lipinski definition) is 5. The van der Waals surface area contributed by atoms with Crippen LogP contribution in [0.2, 0.25) is 0 Å². The van der Waals surface area contributed by atoms with Crippen LogP contribution in [0, 0.1) is 6.92 Å². The highest BCUT2D eigenvalue weighted by molar-refractivity contribution is 7.99. The molecule has 0 fully saturated rings. The van der Waals surface area contributed by atoms with E-state index in [0.29, 0.717) is 5.95 Å². The Bertz CT molecular complexity index is 531. The first-order valence-corrected chi connectivity index (χ1v) is 5.91. The molecular formula is C12H13N3OS. The Labute approximate surface area is 104 Å². The molecule has 0 saturated carbocycles. The van der Waals surface area contributed by atoms with Gasteiger partial charge in [0, 0.05) is 16.7 Å². The van der Waals surface area contributed by atoms with Gasteiger partial charge in [0.15, 0.2) is 0 Å². The first-order valence-electron chi connectivity index (χ1n) is 5.10. The molecule has 1 aromatic carbocycles. The van der Waals surface area contributed by atoms with Crippen molar-refractivity contribution in [3.8, 4) is 5.75 Å². The van der Waals surface area contributed by atoms with Gasteiger partial charge in [0.25, 0.3) is 0 Å². The summed E-state index contributed by atoms with van der Waals surface area (Å²) in [5.41, 5.74) is 6.58. The third-order valence-electron chi connectivity index (χ3n) is 2.20. The van der Waals surface area contributed by atoms with Crippen LogP contribution >= 0.6 is 11.8 Å². The number of aromatic nitrogens is 2. The molecule has 0 bridgehead atoms. The topological polar surface area (TPSA) is 61.0 Å². The van der Waals surface area contributed by atoms with E-state index in [1.165, 1.54) is 0 Å². The number of nitrogen functional groups attached to an aromatic ring is 1. The number of benzene rings is 1. The molecule has 4 nitrogen and oxygen atoms in total. The van der Waals surface area contributed by atoms with Gasteiger partial charge in [0.1, 0.15) is 10.8 Å². The van der Waals surface area contributed by atoms with Crippen molar-refractivity contribution in [2.24, 2.45) is 0 Å². The molecule has 2 N–H and O–H groups in total. The summed E-state index contributed by atoms with van der Waals surface area (Å²) in [5.74, 6) is 1.12. The maximum absolute atomic E-state index is 5.58. The molecule has 0 radical (unpaired) electrons. The van der Waals surface area contributed by atoms with Gasteiger partial charge in [-0.3, -0.25) is 0 Å². The molecule has 0 unspecified atom stereocenters. The molecule has 0 atom stereocenters. The number of nitrogens with zero attached hydrogens (tertiary/aromatic N) is 2. The van der Waals surface area contributed by atoms with Crippen molar-refractivity contribution >= 4 is 17.7 Å². The van der Waals surface area contributed by atoms with Crippen molar-refractivity contribution in [2.75, 3.05) is 12.8 Å². The second-order valence-corrected chi connectivity index (χ2v) is 4.56. The van der Waals surface area contributed by atoms with E-state index < -0.39 is 0 Å². The van der Waals surface area contributed by atoms with Crippen LogP contribution in [0.3, 0.4) is 0 Å². The Balaban J connectivity index is 2.27. The monoisotopic (exact) mass is 247 g/mol. The van der Waals surface area contributed by atoms with E-state index in [-0.39, 0.29) is 0 Å². The highest BCUT2D eigenvalue weighted by Crippen LogP contribution is 2.30. The van der Waals surface area contributed by atoms with Crippen LogP contribution in [0.25, 0.3) is 0 Å². The minimum atomic E-state index is 0.293. The number of anilines is 1. The van der Waals surface area contributed by atoms with Crippen LogP contribution in [0.4, 0.5) is 5.95 Å². The van der Waals surface area contributed by atoms with Crippen molar-refractivity contribution in [2.45, 2.75) is 16.8 Å². The Hall–Kier alpha value is -1.75. The molecule has 0 amide bonds. The number of methoxy groups -OCH3 is 1. The third-order valence-corrected chi connectivity index (χ3v) is 3.30. The highest BCUT2D eigenvalue weighted by atomic mass is 32.2. The average Bonchev–Trinajstić information content (AvgIpc) is 2.34. The highest BCUT2D eigenvalue weighted by Gasteiger charge is 2.05. The molecule has 2 rings (SSSR count). The van der Waals surface area contributed by atoms with Gasteiger partial charge in [0.2, 0.25) is 5.95 Å². The Kier molecular flexibility index (Phi) is 3.49. The van der Waals surface area contributed by atoms with E-state index in [0.717, 1.165) is 21.2 Å². The molecule has 1 aromatic heterocycles. The fraction of sp³-hybridized carbons (Fsp3) is 0.167. The lowest BCUT2D eigenvalue weighted by Gasteiger charge is -2.06. The molecule has 0 spiro atoms. The van der Waals surface area contributed by atoms with E-state index in [2.05, 4.69) is 9.97 Å². The first-order chi connectivity index (χ1) is 8.19. The van der Waals surface area contributed by atoms with Gasteiger partial charge in [-0.25, -0.2) is 9.97 Å². The van der Waals surface area contributed by atoms with E-state index >= 15 is 0 Å². The first kappa shape index (κ1) is 11.7. The number of nitrogens with two attached hydrogens (primary N) is 1. The van der Waals surface area contributed by atoms with Crippen LogP contribution in [-0.2, 0) is 0 Å². The van der Waals surface area contributed by atoms with Crippen molar-refractivity contribution in [3.05, 3.63) is 36.0 Å². The van der Waals surface area contributed by atoms with Crippen LogP contribution in [0.15, 0.2) is 40.4 Å². The Morgan fingerprint density at radius 3 is 2.94 bits per heavy atom. The van der Waals surface area contributed by atoms with E-state index in [9.17, 15) is 0 Å². The molecule has 2 aromatic rings. The van der Waals surface area contributed by atoms with Crippen LogP contribution in [0.1, 0.15) is 5.56 Å². The lowest BCUT2D eigenvalue weighted by Crippen LogP contribution is -1.97. The van der Waals surface area contributed by atoms with Crippen LogP contribution in [-0.4, -0.2) is 17.1 Å². The molecule has 1 heterocycles. The van der Waals surface area contributed by atoms with Crippen molar-refractivity contribution in [1.29, 1.82) is 0 Å². The third kappa shape index (κ3) is 2.88. The van der Waals surface area contributed by atoms with Gasteiger partial charge < -0.3 is 10.5 Å². The van der Waals surface area contributed by atoms with Gasteiger partial charge in [-0.1, -0.05) is 17.8 Å². The Morgan fingerprint density at radius 1 is 1.35 bits per heavy atom. The minimum absolute atomic E-state index is 0.293. The molecule has 0 aliphatic rings. The smallest absolute Gasteiger partial charge is 0.221 e. The molecule has 0 aliphatic carbocycles. The molecule has 88 valence electrons. The normalized spacial score (nSPS) is 10.2. The van der Waals surface area contributed by atoms with Crippen molar-refractivity contribution in [3.63, 3.8) is 0 Å². The number of rotatable bonds is 3. The number of hydrogen-bond donors (Lipinski definition) is 1. The van der Waals surface area contributed by atoms with Crippen LogP contribution in [0.5, 0.6) is 5.75 Å². The van der Waals surface area contributed by atoms with E-state index in [1.807, 2.05) is 31.2 Å². The number of aryl methyl sites for hydroxylation is 1. The lowest BCUT2D eigenvalue weighted by atomic mass is 10.3. The zero-order valence-corrected chi connectivity index (χ0v) is 10.5. The maximum atomic E-state index is 5.58. The molecule has 0 saturated heterocycles. The van der Waals surface area contributed by atoms with Gasteiger partial charge in [0.05, 0.1) is 7.11 Å². The summed E-state index contributed by atoms with van der Waals surface area (Å²) < 4.78 is 5.18. The second kappa shape index (κ2) is 5.05. The molecule has 0 aliphatic heterocycles. The van der Waals surface area contributed by atoms with Gasteiger partial charge in [-0.2, -0.15) is 0 Å². The quantitative estimate of drug-likeness (QED) is 0.844. The summed E-state index contributed by atoms with van der Waals surface area (Å²) in [6, 6.07) is 7.82. The van der Waals surface area contributed by atoms with Gasteiger partial charge in [-0.15, -0.1) is 0 Å². The predicted octanol–water partition coefficient (Wildman–Crippen LogP) is 2.53. The zero-order valence-electron chi connectivity index (χ0n) is 9.68. The maximum Gasteiger partial charge on any atom is 0.221 e. The number of ether oxygens (including phenoxy) is 1. The summed E-state index contributed by atoms with van der Waals surface area (Å²) in [4.78, 5) is 9.22. The summed E-state index contributed by atoms with van der Waals surface area (Å²) in [7, 11) is 1.65. The standard InChI is InChI=1S/C12H13N3OS/c1-8-7-14-12(13)15-11(8)17-10-5-3-4-9(6-10)16-2/h3-7H,1-2H3,(H2,13,14,15). The zero-order chi connectivity index (χ0) is 12.3. The SMILES string of the molecule is COc1cccc(Sc2nc(N)ncc2C)c1. The molecule has 17 heavy (non-hydrogen) atoms. The Morgan fingerprint density at radius 2 is 2.18 bits per heavy atom. The predicted molar refractivity (Wildman–Crippen MR) is 68.3 cm³/mol. The second-order valence-electron chi connectivity index (χ2n) is 3.50. The summed E-state index contributed by atoms with van der Waals surface area (Å²) in [6.45, 7) is 1.96. The van der Waals surface area contributed by atoms with Gasteiger partial charge >= 0.3 is 0 Å². The van der Waals surface area contributed by atoms with Crippen molar-refractivity contribution in [1.82, 2.24) is 9.97 Å². The van der Waals surface area contributed by atoms with Gasteiger partial charge in [-0.05, 0) is 25.1 Å². The average molecular weight is 247 g/mol. The fourth-order valence-electron chi connectivity index (χ4n) is 1.32. The summed E-state index contributed by atoms with van der Waals surface area (Å²) >= 11 is 1.55. The largest absolute Gasteiger partial charge is 0.497 e. The fourth-order valence-corrected chi connectivity index (χ4v) is 2.22. The minimum Gasteiger partial charge on any atom is -0.497 e. The van der Waals surface area contributed by atoms with Crippen LogP contribution < -0.4 is 10.5 Å². The summed E-state index contributed by atoms with van der Waals surface area (Å²) in [6.07, 6.45) is 1.73. The van der Waals surface area contributed by atoms with E-state index in [1.54, 1.807) is 25.1 Å². The molecule has 5 heteroatoms. The van der Waals surface area contributed by atoms with Crippen molar-refractivity contribution < 1.29 is 4.74 Å². The molecular weight excluding hydrogens is 234 g/mol. The summed E-state index contributed by atoms with van der Waals surface area (Å²) in [5, 5.41) is 0.866. The lowest BCUT2D eigenvalue weighted by molar-refractivity contribution is 0.413.